The monoisotopic (exact) mass is 409 g/mol. The Balaban J connectivity index is 2.13. The molecule has 0 aliphatic rings. The largest absolute Gasteiger partial charge is 0.366 e. The molecule has 0 aliphatic heterocycles. The smallest absolute Gasteiger partial charge is 0.248 e. The molecule has 3 amide bonds. The van der Waals surface area contributed by atoms with Crippen LogP contribution in [0.3, 0.4) is 0 Å². The van der Waals surface area contributed by atoms with Crippen molar-refractivity contribution in [3.8, 4) is 0 Å². The molecule has 10 heteroatoms. The van der Waals surface area contributed by atoms with Gasteiger partial charge in [-0.25, -0.2) is 8.42 Å². The van der Waals surface area contributed by atoms with Crippen LogP contribution in [0.25, 0.3) is 0 Å². The summed E-state index contributed by atoms with van der Waals surface area (Å²) >= 11 is 5.88. The molecule has 0 spiro atoms. The highest BCUT2D eigenvalue weighted by molar-refractivity contribution is 7.91. The minimum Gasteiger partial charge on any atom is -0.366 e. The highest BCUT2D eigenvalue weighted by Crippen LogP contribution is 2.22. The van der Waals surface area contributed by atoms with Gasteiger partial charge < -0.3 is 16.8 Å². The van der Waals surface area contributed by atoms with Crippen LogP contribution in [0.2, 0.25) is 5.02 Å². The Morgan fingerprint density at radius 2 is 1.52 bits per heavy atom. The molecule has 0 aliphatic carbocycles. The molecular formula is C17H16ClN3O5S. The third-order valence-corrected chi connectivity index (χ3v) is 5.76. The summed E-state index contributed by atoms with van der Waals surface area (Å²) < 4.78 is 24.6. The number of primary amides is 2. The van der Waals surface area contributed by atoms with Crippen LogP contribution < -0.4 is 16.8 Å². The first-order valence-corrected chi connectivity index (χ1v) is 9.65. The number of benzene rings is 2. The van der Waals surface area contributed by atoms with E-state index in [4.69, 9.17) is 23.1 Å². The third kappa shape index (κ3) is 5.28. The van der Waals surface area contributed by atoms with Gasteiger partial charge in [-0.1, -0.05) is 23.7 Å². The fourth-order valence-electron chi connectivity index (χ4n) is 2.24. The summed E-state index contributed by atoms with van der Waals surface area (Å²) in [5.41, 5.74) is 10.4. The molecule has 0 aromatic heterocycles. The molecule has 0 saturated heterocycles. The van der Waals surface area contributed by atoms with E-state index < -0.39 is 33.3 Å². The maximum absolute atomic E-state index is 12.3. The van der Waals surface area contributed by atoms with Crippen molar-refractivity contribution < 1.29 is 22.8 Å². The molecule has 0 bridgehead atoms. The zero-order chi connectivity index (χ0) is 20.2. The first-order chi connectivity index (χ1) is 12.6. The van der Waals surface area contributed by atoms with Gasteiger partial charge in [0.15, 0.2) is 9.84 Å². The summed E-state index contributed by atoms with van der Waals surface area (Å²) in [5.74, 6) is -2.73. The van der Waals surface area contributed by atoms with Gasteiger partial charge in [-0.15, -0.1) is 0 Å². The van der Waals surface area contributed by atoms with Crippen LogP contribution in [0.5, 0.6) is 0 Å². The molecule has 0 heterocycles. The van der Waals surface area contributed by atoms with E-state index >= 15 is 0 Å². The highest BCUT2D eigenvalue weighted by atomic mass is 35.5. The van der Waals surface area contributed by atoms with E-state index in [0.29, 0.717) is 0 Å². The molecule has 0 atom stereocenters. The minimum atomic E-state index is -3.76. The van der Waals surface area contributed by atoms with E-state index in [1.807, 2.05) is 0 Å². The Hall–Kier alpha value is -2.91. The molecule has 0 saturated carbocycles. The van der Waals surface area contributed by atoms with Gasteiger partial charge in [0.05, 0.1) is 15.7 Å². The van der Waals surface area contributed by atoms with Crippen LogP contribution in [-0.4, -0.2) is 31.9 Å². The number of amides is 3. The molecule has 0 radical (unpaired) electrons. The Morgan fingerprint density at radius 1 is 0.963 bits per heavy atom. The number of halogens is 1. The molecular weight excluding hydrogens is 394 g/mol. The van der Waals surface area contributed by atoms with E-state index in [-0.39, 0.29) is 33.2 Å². The number of nitrogens with two attached hydrogens (primary N) is 2. The van der Waals surface area contributed by atoms with Crippen LogP contribution in [0.15, 0.2) is 47.4 Å². The van der Waals surface area contributed by atoms with Crippen molar-refractivity contribution in [2.75, 3.05) is 11.1 Å². The van der Waals surface area contributed by atoms with Crippen molar-refractivity contribution in [1.29, 1.82) is 0 Å². The Bertz CT molecular complexity index is 989. The third-order valence-electron chi connectivity index (χ3n) is 3.56. The molecule has 2 rings (SSSR count). The minimum absolute atomic E-state index is 0.0229. The first-order valence-electron chi connectivity index (χ1n) is 7.62. The standard InChI is InChI=1S/C17H16ClN3O5S/c18-13-3-1-2-4-14(13)27(25,26)6-5-15(22)21-12-8-10(16(19)23)7-11(9-12)17(20)24/h1-4,7-9H,5-6H2,(H2,19,23)(H2,20,24)(H,21,22). The zero-order valence-electron chi connectivity index (χ0n) is 13.9. The summed E-state index contributed by atoms with van der Waals surface area (Å²) in [6, 6.07) is 9.63. The summed E-state index contributed by atoms with van der Waals surface area (Å²) in [4.78, 5) is 34.7. The molecule has 2 aromatic carbocycles. The molecule has 142 valence electrons. The van der Waals surface area contributed by atoms with Gasteiger partial charge in [0.1, 0.15) is 0 Å². The maximum atomic E-state index is 12.3. The van der Waals surface area contributed by atoms with E-state index in [1.165, 1.54) is 36.4 Å². The second kappa shape index (κ2) is 8.19. The van der Waals surface area contributed by atoms with Crippen molar-refractivity contribution in [2.24, 2.45) is 11.5 Å². The van der Waals surface area contributed by atoms with E-state index in [9.17, 15) is 22.8 Å². The van der Waals surface area contributed by atoms with Gasteiger partial charge in [0.25, 0.3) is 0 Å². The number of hydrogen-bond acceptors (Lipinski definition) is 5. The fraction of sp³-hybridized carbons (Fsp3) is 0.118. The lowest BCUT2D eigenvalue weighted by atomic mass is 10.1. The summed E-state index contributed by atoms with van der Waals surface area (Å²) in [6.45, 7) is 0. The Labute approximate surface area is 160 Å². The normalized spacial score (nSPS) is 11.0. The zero-order valence-corrected chi connectivity index (χ0v) is 15.5. The molecule has 2 aromatic rings. The molecule has 5 N–H and O–H groups in total. The van der Waals surface area contributed by atoms with Crippen LogP contribution >= 0.6 is 11.6 Å². The number of carbonyl (C=O) groups is 3. The highest BCUT2D eigenvalue weighted by Gasteiger charge is 2.19. The average Bonchev–Trinajstić information content (AvgIpc) is 2.60. The lowest BCUT2D eigenvalue weighted by Gasteiger charge is -2.09. The average molecular weight is 410 g/mol. The van der Waals surface area contributed by atoms with Crippen molar-refractivity contribution in [3.63, 3.8) is 0 Å². The van der Waals surface area contributed by atoms with Gasteiger partial charge in [-0.05, 0) is 30.3 Å². The summed E-state index contributed by atoms with van der Waals surface area (Å²) in [5, 5.41) is 2.49. The second-order valence-corrected chi connectivity index (χ2v) is 8.06. The molecule has 27 heavy (non-hydrogen) atoms. The van der Waals surface area contributed by atoms with E-state index in [2.05, 4.69) is 5.32 Å². The van der Waals surface area contributed by atoms with Crippen molar-refractivity contribution in [1.82, 2.24) is 0 Å². The fourth-order valence-corrected chi connectivity index (χ4v) is 4.06. The predicted molar refractivity (Wildman–Crippen MR) is 100 cm³/mol. The van der Waals surface area contributed by atoms with Crippen LogP contribution in [0.1, 0.15) is 27.1 Å². The van der Waals surface area contributed by atoms with Crippen LogP contribution in [-0.2, 0) is 14.6 Å². The lowest BCUT2D eigenvalue weighted by molar-refractivity contribution is -0.115. The van der Waals surface area contributed by atoms with Gasteiger partial charge in [0.2, 0.25) is 17.7 Å². The number of sulfone groups is 1. The Morgan fingerprint density at radius 3 is 2.04 bits per heavy atom. The number of nitrogens with one attached hydrogen (secondary N) is 1. The lowest BCUT2D eigenvalue weighted by Crippen LogP contribution is -2.20. The second-order valence-electron chi connectivity index (χ2n) is 5.58. The van der Waals surface area contributed by atoms with E-state index in [1.54, 1.807) is 6.07 Å². The predicted octanol–water partition coefficient (Wildman–Crippen LogP) is 1.34. The van der Waals surface area contributed by atoms with Gasteiger partial charge in [0, 0.05) is 23.2 Å². The quantitative estimate of drug-likeness (QED) is 0.630. The van der Waals surface area contributed by atoms with Gasteiger partial charge in [-0.2, -0.15) is 0 Å². The van der Waals surface area contributed by atoms with Crippen molar-refractivity contribution in [2.45, 2.75) is 11.3 Å². The molecule has 8 nitrogen and oxygen atoms in total. The van der Waals surface area contributed by atoms with Crippen molar-refractivity contribution in [3.05, 3.63) is 58.6 Å². The van der Waals surface area contributed by atoms with Gasteiger partial charge >= 0.3 is 0 Å². The summed E-state index contributed by atoms with van der Waals surface area (Å²) in [7, 11) is -3.76. The Kier molecular flexibility index (Phi) is 6.19. The molecule has 0 unspecified atom stereocenters. The SMILES string of the molecule is NC(=O)c1cc(NC(=O)CCS(=O)(=O)c2ccccc2Cl)cc(C(N)=O)c1. The topological polar surface area (TPSA) is 149 Å². The van der Waals surface area contributed by atoms with E-state index in [0.717, 1.165) is 0 Å². The van der Waals surface area contributed by atoms with Crippen LogP contribution in [0.4, 0.5) is 5.69 Å². The van der Waals surface area contributed by atoms with Gasteiger partial charge in [-0.3, -0.25) is 14.4 Å². The number of rotatable bonds is 7. The number of anilines is 1. The number of carbonyl (C=O) groups excluding carboxylic acids is 3. The first kappa shape index (κ1) is 20.4. The summed E-state index contributed by atoms with van der Waals surface area (Å²) in [6.07, 6.45) is -0.361. The maximum Gasteiger partial charge on any atom is 0.248 e. The number of hydrogen-bond donors (Lipinski definition) is 3. The molecule has 0 fully saturated rings. The van der Waals surface area contributed by atoms with Crippen LogP contribution in [0, 0.1) is 0 Å². The van der Waals surface area contributed by atoms with Crippen molar-refractivity contribution >= 4 is 44.8 Å².